The fourth-order valence-electron chi connectivity index (χ4n) is 12.3. The Bertz CT molecular complexity index is 4140. The van der Waals surface area contributed by atoms with Gasteiger partial charge in [0.25, 0.3) is 11.6 Å². The average Bonchev–Trinajstić information content (AvgIpc) is 1.62. The number of ether oxygens (including phenoxy) is 4. The van der Waals surface area contributed by atoms with Gasteiger partial charge in [0.05, 0.1) is 89.4 Å². The SMILES string of the molecule is [C-]#[N+]c1c(CCCC)nn(-c2cc(C(=O)OCCCCCCCC)cc(C(=O)OCCCCCCCC)c2)c1N=Nc1c(C(C)(C)C)[nH]n(-c2nc(-n3[nH]c(C(C)(C)C)c(N=Nc4c(C#N)c(CCCC)nn4-c4cc(C(=O)OCCCCCCCC)cc(C(=O)OCCCCCCCC)c4)c3=O)[nH]c(=O)n2)c1=O. The maximum atomic E-state index is 15.1. The normalized spacial score (nSPS) is 11.8. The highest BCUT2D eigenvalue weighted by Gasteiger charge is 2.32. The monoisotopic (exact) mass is 1500 g/mol. The summed E-state index contributed by atoms with van der Waals surface area (Å²) < 4.78 is 27.5. The van der Waals surface area contributed by atoms with Gasteiger partial charge in [-0.05, 0) is 87.8 Å². The van der Waals surface area contributed by atoms with Crippen molar-refractivity contribution in [3.63, 3.8) is 0 Å². The van der Waals surface area contributed by atoms with Gasteiger partial charge < -0.3 is 18.9 Å². The number of aryl methyl sites for hydroxylation is 2. The van der Waals surface area contributed by atoms with Crippen molar-refractivity contribution in [3.8, 4) is 29.3 Å². The van der Waals surface area contributed by atoms with Crippen molar-refractivity contribution in [2.75, 3.05) is 26.4 Å². The number of azo groups is 2. The van der Waals surface area contributed by atoms with Crippen LogP contribution in [-0.4, -0.2) is 104 Å². The zero-order chi connectivity index (χ0) is 79.0. The summed E-state index contributed by atoms with van der Waals surface area (Å²) in [6, 6.07) is 11.0. The molecule has 0 fully saturated rings. The first kappa shape index (κ1) is 86.0. The number of unbranched alkanes of at least 4 members (excludes halogenated alkanes) is 22. The molecule has 0 saturated heterocycles. The van der Waals surface area contributed by atoms with Gasteiger partial charge in [-0.15, -0.1) is 20.5 Å². The molecule has 0 radical (unpaired) electrons. The molecule has 109 heavy (non-hydrogen) atoms. The van der Waals surface area contributed by atoms with Crippen LogP contribution in [0, 0.1) is 17.9 Å². The number of hydrogen-bond donors (Lipinski definition) is 3. The molecule has 0 atom stereocenters. The van der Waals surface area contributed by atoms with Crippen molar-refractivity contribution >= 4 is 52.6 Å². The molecule has 28 nitrogen and oxygen atoms in total. The van der Waals surface area contributed by atoms with E-state index in [0.717, 1.165) is 151 Å². The van der Waals surface area contributed by atoms with Crippen molar-refractivity contribution < 1.29 is 38.1 Å². The minimum absolute atomic E-state index is 0.00275. The number of aromatic amines is 3. The summed E-state index contributed by atoms with van der Waals surface area (Å²) in [4.78, 5) is 115. The molecule has 0 saturated carbocycles. The molecule has 28 heteroatoms. The number of nitriles is 1. The van der Waals surface area contributed by atoms with Crippen LogP contribution in [0.4, 0.5) is 28.7 Å². The highest BCUT2D eigenvalue weighted by atomic mass is 16.5. The van der Waals surface area contributed by atoms with Gasteiger partial charge in [-0.25, -0.2) is 38.2 Å². The third kappa shape index (κ3) is 24.4. The van der Waals surface area contributed by atoms with Crippen LogP contribution in [0.15, 0.2) is 71.2 Å². The summed E-state index contributed by atoms with van der Waals surface area (Å²) >= 11 is 0. The van der Waals surface area contributed by atoms with Crippen molar-refractivity contribution in [1.82, 2.24) is 54.1 Å². The maximum Gasteiger partial charge on any atom is 0.351 e. The first-order valence-corrected chi connectivity index (χ1v) is 39.5. The summed E-state index contributed by atoms with van der Waals surface area (Å²) in [7, 11) is 0. The standard InChI is InChI=1S/C81H113N17O11/c1-14-20-26-30-34-38-44-106-73(101)55-48-56(74(102)107-45-39-35-31-27-21-15-2)51-59(50-55)95-69(61(54-82)62(91-95)42-24-18-5)89-87-65-67(80(7,8)9)93-97(71(65)99)77-84-78(86-79(105)85-77)98-72(100)66(68(94-98)81(10,11)12)88-90-70-64(83-13)63(43-25-19-6)92-96(70)60-52-57(75(103)108-46-40-36-32-28-22-16-3)49-58(53-60)76(104)109-47-41-37-33-29-23-17-4/h48-53,93-94H,14-47H2,1-12H3,(H,84,85,86,105). The van der Waals surface area contributed by atoms with Gasteiger partial charge >= 0.3 is 40.7 Å². The number of rotatable bonds is 46. The molecule has 0 spiro atoms. The lowest BCUT2D eigenvalue weighted by atomic mass is 9.91. The Balaban J connectivity index is 1.31. The van der Waals surface area contributed by atoms with Crippen LogP contribution in [0.5, 0.6) is 0 Å². The summed E-state index contributed by atoms with van der Waals surface area (Å²) in [6.07, 6.45) is 26.8. The molecule has 7 aromatic rings. The Hall–Kier alpha value is -10.2. The number of carbonyl (C=O) groups is 4. The number of aromatic nitrogens is 11. The lowest BCUT2D eigenvalue weighted by Crippen LogP contribution is -2.27. The smallest absolute Gasteiger partial charge is 0.351 e. The molecule has 588 valence electrons. The molecule has 0 aliphatic rings. The average molecular weight is 1500 g/mol. The van der Waals surface area contributed by atoms with E-state index in [1.807, 2.05) is 13.8 Å². The third-order valence-electron chi connectivity index (χ3n) is 18.5. The maximum absolute atomic E-state index is 15.1. The van der Waals surface area contributed by atoms with E-state index >= 15 is 9.59 Å². The topological polar surface area (TPSA) is 353 Å². The van der Waals surface area contributed by atoms with Crippen molar-refractivity contribution in [2.24, 2.45) is 20.5 Å². The van der Waals surface area contributed by atoms with Gasteiger partial charge in [0.15, 0.2) is 23.0 Å². The summed E-state index contributed by atoms with van der Waals surface area (Å²) in [5.41, 5.74) is -3.61. The lowest BCUT2D eigenvalue weighted by Gasteiger charge is -2.16. The van der Waals surface area contributed by atoms with E-state index in [0.29, 0.717) is 62.8 Å². The Morgan fingerprint density at radius 1 is 0.468 bits per heavy atom. The first-order chi connectivity index (χ1) is 52.5. The Labute approximate surface area is 639 Å². The highest BCUT2D eigenvalue weighted by Crippen LogP contribution is 2.39. The number of benzene rings is 2. The molecule has 5 heterocycles. The number of hydrogen-bond acceptors (Lipinski definition) is 20. The van der Waals surface area contributed by atoms with Crippen molar-refractivity contribution in [2.45, 2.75) is 287 Å². The molecule has 3 N–H and O–H groups in total. The zero-order valence-corrected chi connectivity index (χ0v) is 66.3. The van der Waals surface area contributed by atoms with Gasteiger partial charge in [0.2, 0.25) is 5.95 Å². The van der Waals surface area contributed by atoms with Crippen LogP contribution in [0.3, 0.4) is 0 Å². The fraction of sp³-hybridized carbons (Fsp3) is 0.593. The first-order valence-electron chi connectivity index (χ1n) is 39.5. The van der Waals surface area contributed by atoms with E-state index < -0.39 is 63.4 Å². The number of nitrogens with one attached hydrogen (secondary N) is 3. The van der Waals surface area contributed by atoms with Gasteiger partial charge in [-0.1, -0.05) is 224 Å². The zero-order valence-electron chi connectivity index (χ0n) is 66.3. The number of carbonyl (C=O) groups excluding carboxylic acids is 4. The Kier molecular flexibility index (Phi) is 34.0. The van der Waals surface area contributed by atoms with Gasteiger partial charge in [0.1, 0.15) is 11.6 Å². The van der Waals surface area contributed by atoms with Crippen LogP contribution < -0.4 is 16.8 Å². The molecule has 0 amide bonds. The van der Waals surface area contributed by atoms with Gasteiger partial charge in [0, 0.05) is 10.8 Å². The molecule has 2 aromatic carbocycles. The molecule has 7 rings (SSSR count). The molecular formula is C81H113N17O11. The predicted molar refractivity (Wildman–Crippen MR) is 418 cm³/mol. The summed E-state index contributed by atoms with van der Waals surface area (Å²) in [6.45, 7) is 32.5. The van der Waals surface area contributed by atoms with Crippen molar-refractivity contribution in [1.29, 1.82) is 5.26 Å². The lowest BCUT2D eigenvalue weighted by molar-refractivity contribution is 0.0477. The van der Waals surface area contributed by atoms with E-state index in [2.05, 4.69) is 84.2 Å². The molecule has 0 aliphatic carbocycles. The van der Waals surface area contributed by atoms with Crippen LogP contribution in [0.25, 0.3) is 28.1 Å². The highest BCUT2D eigenvalue weighted by molar-refractivity contribution is 5.97. The van der Waals surface area contributed by atoms with Crippen LogP contribution in [0.1, 0.15) is 333 Å². The number of H-pyrrole nitrogens is 3. The fourth-order valence-corrected chi connectivity index (χ4v) is 12.3. The van der Waals surface area contributed by atoms with Crippen molar-refractivity contribution in [3.05, 3.63) is 130 Å². The van der Waals surface area contributed by atoms with Crippen LogP contribution in [0.2, 0.25) is 0 Å². The van der Waals surface area contributed by atoms with E-state index in [1.54, 1.807) is 41.5 Å². The van der Waals surface area contributed by atoms with Crippen LogP contribution >= 0.6 is 0 Å². The van der Waals surface area contributed by atoms with Gasteiger partial charge in [-0.3, -0.25) is 24.8 Å². The number of esters is 4. The quantitative estimate of drug-likeness (QED) is 0.0105. The minimum atomic E-state index is -1.03. The predicted octanol–water partition coefficient (Wildman–Crippen LogP) is 19.1. The minimum Gasteiger partial charge on any atom is -0.462 e. The molecule has 0 unspecified atom stereocenters. The van der Waals surface area contributed by atoms with E-state index in [4.69, 9.17) is 35.7 Å². The van der Waals surface area contributed by atoms with E-state index in [1.165, 1.54) is 45.8 Å². The van der Waals surface area contributed by atoms with Gasteiger partial charge in [-0.2, -0.15) is 34.8 Å². The molecule has 5 aromatic heterocycles. The Morgan fingerprint density at radius 2 is 0.817 bits per heavy atom. The number of nitrogens with zero attached hydrogens (tertiary/aromatic N) is 14. The largest absolute Gasteiger partial charge is 0.462 e. The molecule has 0 bridgehead atoms. The summed E-state index contributed by atoms with van der Waals surface area (Å²) in [5.74, 6) is -3.93. The summed E-state index contributed by atoms with van der Waals surface area (Å²) in [5, 5.41) is 45.0. The second kappa shape index (κ2) is 43.1. The molecular weight excluding hydrogens is 1390 g/mol. The molecule has 0 aliphatic heterocycles. The third-order valence-corrected chi connectivity index (χ3v) is 18.5. The van der Waals surface area contributed by atoms with Crippen LogP contribution in [-0.2, 0) is 42.6 Å². The second-order valence-electron chi connectivity index (χ2n) is 29.8. The second-order valence-corrected chi connectivity index (χ2v) is 29.8. The Morgan fingerprint density at radius 3 is 1.20 bits per heavy atom. The van der Waals surface area contributed by atoms with E-state index in [9.17, 15) is 29.2 Å². The van der Waals surface area contributed by atoms with E-state index in [-0.39, 0.29) is 106 Å².